The maximum absolute atomic E-state index is 12.0. The van der Waals surface area contributed by atoms with Crippen LogP contribution in [0.3, 0.4) is 0 Å². The van der Waals surface area contributed by atoms with Crippen molar-refractivity contribution in [2.75, 3.05) is 0 Å². The first-order valence-electron chi connectivity index (χ1n) is 9.10. The summed E-state index contributed by atoms with van der Waals surface area (Å²) in [6.07, 6.45) is 7.12. The zero-order valence-corrected chi connectivity index (χ0v) is 15.2. The number of aliphatic hydroxyl groups excluding tert-OH is 2. The smallest absolute Gasteiger partial charge is 0.336 e. The highest BCUT2D eigenvalue weighted by Crippen LogP contribution is 2.63. The monoisotopic (exact) mass is 334 g/mol. The first-order chi connectivity index (χ1) is 11.2. The molecular weight excluding hydrogens is 304 g/mol. The van der Waals surface area contributed by atoms with E-state index in [4.69, 9.17) is 4.74 Å². The lowest BCUT2D eigenvalue weighted by Crippen LogP contribution is -2.58. The Balaban J connectivity index is 1.95. The molecule has 0 bridgehead atoms. The van der Waals surface area contributed by atoms with E-state index in [1.54, 1.807) is 0 Å². The highest BCUT2D eigenvalue weighted by molar-refractivity contribution is 5.91. The average Bonchev–Trinajstić information content (AvgIpc) is 2.79. The first kappa shape index (κ1) is 17.7. The number of ether oxygens (including phenoxy) is 1. The van der Waals surface area contributed by atoms with Gasteiger partial charge in [-0.2, -0.15) is 0 Å². The fraction of sp³-hybridized carbons (Fsp3) is 0.750. The fourth-order valence-electron chi connectivity index (χ4n) is 5.51. The second kappa shape index (κ2) is 5.99. The molecule has 3 aliphatic rings. The Morgan fingerprint density at radius 1 is 1.38 bits per heavy atom. The minimum Gasteiger partial charge on any atom is -0.432 e. The van der Waals surface area contributed by atoms with Gasteiger partial charge in [-0.25, -0.2) is 4.79 Å². The fourth-order valence-corrected chi connectivity index (χ4v) is 5.51. The quantitative estimate of drug-likeness (QED) is 0.614. The summed E-state index contributed by atoms with van der Waals surface area (Å²) in [5.41, 5.74) is 1.46. The van der Waals surface area contributed by atoms with Crippen LogP contribution in [0.25, 0.3) is 0 Å². The molecule has 1 aliphatic heterocycles. The summed E-state index contributed by atoms with van der Waals surface area (Å²) in [5, 5.41) is 21.2. The molecule has 1 heterocycles. The second-order valence-electron chi connectivity index (χ2n) is 8.62. The number of carbonyl (C=O) groups excluding carboxylic acids is 1. The van der Waals surface area contributed by atoms with Crippen LogP contribution in [0.15, 0.2) is 23.3 Å². The van der Waals surface area contributed by atoms with Crippen molar-refractivity contribution >= 4 is 5.97 Å². The molecular formula is C20H30O4. The molecule has 6 unspecified atom stereocenters. The van der Waals surface area contributed by atoms with Crippen molar-refractivity contribution in [1.29, 1.82) is 0 Å². The van der Waals surface area contributed by atoms with Gasteiger partial charge in [0.05, 0.1) is 12.0 Å². The van der Waals surface area contributed by atoms with Gasteiger partial charge >= 0.3 is 5.97 Å². The Hall–Kier alpha value is -1.13. The SMILES string of the molecule is CC(C)=CCCC1(C)CCC(O)C2(C)C3C(=CCC12)C(=O)OC3O. The van der Waals surface area contributed by atoms with E-state index in [0.29, 0.717) is 12.0 Å². The molecule has 1 saturated heterocycles. The number of fused-ring (bicyclic) bond motifs is 3. The van der Waals surface area contributed by atoms with E-state index in [0.717, 1.165) is 25.7 Å². The van der Waals surface area contributed by atoms with Gasteiger partial charge in [0.2, 0.25) is 6.29 Å². The first-order valence-corrected chi connectivity index (χ1v) is 9.10. The summed E-state index contributed by atoms with van der Waals surface area (Å²) in [6, 6.07) is 0. The molecule has 6 atom stereocenters. The van der Waals surface area contributed by atoms with Crippen LogP contribution in [-0.4, -0.2) is 28.6 Å². The zero-order chi connectivity index (χ0) is 17.7. The van der Waals surface area contributed by atoms with Crippen molar-refractivity contribution in [3.63, 3.8) is 0 Å². The summed E-state index contributed by atoms with van der Waals surface area (Å²) in [5.74, 6) is -0.602. The molecule has 0 aromatic carbocycles. The average molecular weight is 334 g/mol. The van der Waals surface area contributed by atoms with Crippen molar-refractivity contribution in [3.05, 3.63) is 23.3 Å². The van der Waals surface area contributed by atoms with Gasteiger partial charge in [-0.1, -0.05) is 31.6 Å². The lowest BCUT2D eigenvalue weighted by atomic mass is 9.46. The molecule has 0 amide bonds. The van der Waals surface area contributed by atoms with Crippen LogP contribution in [-0.2, 0) is 9.53 Å². The largest absolute Gasteiger partial charge is 0.432 e. The summed E-state index contributed by atoms with van der Waals surface area (Å²) >= 11 is 0. The third-order valence-corrected chi connectivity index (χ3v) is 6.89. The molecule has 4 nitrogen and oxygen atoms in total. The van der Waals surface area contributed by atoms with Gasteiger partial charge in [0, 0.05) is 11.0 Å². The van der Waals surface area contributed by atoms with Crippen LogP contribution in [0.2, 0.25) is 0 Å². The maximum atomic E-state index is 12.0. The Morgan fingerprint density at radius 3 is 2.75 bits per heavy atom. The lowest BCUT2D eigenvalue weighted by Gasteiger charge is -2.58. The van der Waals surface area contributed by atoms with Gasteiger partial charge in [0.25, 0.3) is 0 Å². The number of cyclic esters (lactones) is 1. The number of rotatable bonds is 3. The van der Waals surface area contributed by atoms with Crippen molar-refractivity contribution < 1.29 is 19.7 Å². The minimum atomic E-state index is -1.13. The molecule has 4 heteroatoms. The maximum Gasteiger partial charge on any atom is 0.336 e. The molecule has 1 saturated carbocycles. The molecule has 2 fully saturated rings. The predicted octanol–water partition coefficient (Wildman–Crippen LogP) is 3.34. The summed E-state index contributed by atoms with van der Waals surface area (Å²) in [7, 11) is 0. The van der Waals surface area contributed by atoms with Crippen LogP contribution in [0.5, 0.6) is 0 Å². The molecule has 0 radical (unpaired) electrons. The topological polar surface area (TPSA) is 66.8 Å². The number of hydrogen-bond donors (Lipinski definition) is 2. The van der Waals surface area contributed by atoms with Gasteiger partial charge < -0.3 is 14.9 Å². The summed E-state index contributed by atoms with van der Waals surface area (Å²) in [4.78, 5) is 12.0. The Kier molecular flexibility index (Phi) is 4.42. The summed E-state index contributed by atoms with van der Waals surface area (Å²) in [6.45, 7) is 8.59. The zero-order valence-electron chi connectivity index (χ0n) is 15.2. The van der Waals surface area contributed by atoms with Crippen LogP contribution >= 0.6 is 0 Å². The van der Waals surface area contributed by atoms with Crippen LogP contribution in [0.4, 0.5) is 0 Å². The Bertz CT molecular complexity index is 588. The standard InChI is InChI=1S/C20H30O4/c1-12(2)6-5-10-19(3)11-9-15(21)20(4)14(19)8-7-13-16(20)18(23)24-17(13)22/h6-7,14-16,18,21,23H,5,8-11H2,1-4H3. The molecule has 2 N–H and O–H groups in total. The van der Waals surface area contributed by atoms with Crippen molar-refractivity contribution in [2.24, 2.45) is 22.7 Å². The molecule has 24 heavy (non-hydrogen) atoms. The van der Waals surface area contributed by atoms with Gasteiger partial charge in [0.15, 0.2) is 0 Å². The van der Waals surface area contributed by atoms with Crippen LogP contribution in [0, 0.1) is 22.7 Å². The molecule has 0 spiro atoms. The van der Waals surface area contributed by atoms with E-state index in [2.05, 4.69) is 26.8 Å². The summed E-state index contributed by atoms with van der Waals surface area (Å²) < 4.78 is 5.08. The van der Waals surface area contributed by atoms with Crippen molar-refractivity contribution in [3.8, 4) is 0 Å². The number of hydrogen-bond acceptors (Lipinski definition) is 4. The normalized spacial score (nSPS) is 44.2. The number of allylic oxidation sites excluding steroid dienone is 3. The number of carbonyl (C=O) groups is 1. The van der Waals surface area contributed by atoms with Crippen LogP contribution in [0.1, 0.15) is 59.8 Å². The second-order valence-corrected chi connectivity index (χ2v) is 8.62. The minimum absolute atomic E-state index is 0.0906. The third-order valence-electron chi connectivity index (χ3n) is 6.89. The van der Waals surface area contributed by atoms with Crippen molar-refractivity contribution in [2.45, 2.75) is 72.2 Å². The van der Waals surface area contributed by atoms with E-state index in [1.807, 2.05) is 13.0 Å². The molecule has 0 aromatic rings. The molecule has 2 aliphatic carbocycles. The van der Waals surface area contributed by atoms with Crippen LogP contribution < -0.4 is 0 Å². The van der Waals surface area contributed by atoms with E-state index in [1.165, 1.54) is 5.57 Å². The van der Waals surface area contributed by atoms with Gasteiger partial charge in [-0.15, -0.1) is 0 Å². The molecule has 0 aromatic heterocycles. The Labute approximate surface area is 144 Å². The highest BCUT2D eigenvalue weighted by Gasteiger charge is 2.63. The Morgan fingerprint density at radius 2 is 2.08 bits per heavy atom. The highest BCUT2D eigenvalue weighted by atomic mass is 16.6. The van der Waals surface area contributed by atoms with E-state index < -0.39 is 29.7 Å². The lowest BCUT2D eigenvalue weighted by molar-refractivity contribution is -0.187. The van der Waals surface area contributed by atoms with E-state index in [-0.39, 0.29) is 11.3 Å². The molecule has 134 valence electrons. The predicted molar refractivity (Wildman–Crippen MR) is 91.9 cm³/mol. The van der Waals surface area contributed by atoms with Gasteiger partial charge in [-0.3, -0.25) is 0 Å². The third kappa shape index (κ3) is 2.55. The van der Waals surface area contributed by atoms with Gasteiger partial charge in [0.1, 0.15) is 0 Å². The van der Waals surface area contributed by atoms with Gasteiger partial charge in [-0.05, 0) is 57.3 Å². The number of aliphatic hydroxyl groups is 2. The van der Waals surface area contributed by atoms with E-state index in [9.17, 15) is 15.0 Å². The molecule has 3 rings (SSSR count). The van der Waals surface area contributed by atoms with Crippen molar-refractivity contribution in [1.82, 2.24) is 0 Å². The number of esters is 1. The van der Waals surface area contributed by atoms with E-state index >= 15 is 0 Å².